The standard InChI is InChI=1S/C14H9F3O2S/c15-9-2-1-3-11(6-9)20(19)8-14(18)12-5-4-10(16)7-13(12)17/h1-7H,8H2. The Bertz CT molecular complexity index is 686. The molecule has 2 aromatic rings. The van der Waals surface area contributed by atoms with Gasteiger partial charge in [-0.2, -0.15) is 0 Å². The molecule has 6 heteroatoms. The summed E-state index contributed by atoms with van der Waals surface area (Å²) in [5, 5.41) is 0. The topological polar surface area (TPSA) is 34.1 Å². The number of Topliss-reactive ketones (excluding diaryl/α,β-unsaturated/α-hetero) is 1. The zero-order chi connectivity index (χ0) is 14.7. The summed E-state index contributed by atoms with van der Waals surface area (Å²) in [7, 11) is -1.79. The molecule has 0 amide bonds. The molecule has 2 aromatic carbocycles. The highest BCUT2D eigenvalue weighted by molar-refractivity contribution is 7.85. The third kappa shape index (κ3) is 3.33. The largest absolute Gasteiger partial charge is 0.293 e. The highest BCUT2D eigenvalue weighted by Crippen LogP contribution is 2.14. The Morgan fingerprint density at radius 3 is 2.35 bits per heavy atom. The minimum absolute atomic E-state index is 0.140. The molecule has 0 bridgehead atoms. The van der Waals surface area contributed by atoms with Gasteiger partial charge in [0, 0.05) is 11.0 Å². The molecule has 0 heterocycles. The summed E-state index contributed by atoms with van der Waals surface area (Å²) in [6.07, 6.45) is 0. The lowest BCUT2D eigenvalue weighted by molar-refractivity contribution is 0.101. The Morgan fingerprint density at radius 1 is 1.00 bits per heavy atom. The van der Waals surface area contributed by atoms with Crippen LogP contribution in [0.15, 0.2) is 47.4 Å². The maximum atomic E-state index is 13.4. The van der Waals surface area contributed by atoms with Crippen LogP contribution in [0.3, 0.4) is 0 Å². The molecular formula is C14H9F3O2S. The first-order chi connectivity index (χ1) is 9.47. The monoisotopic (exact) mass is 298 g/mol. The van der Waals surface area contributed by atoms with Crippen molar-refractivity contribution in [3.63, 3.8) is 0 Å². The van der Waals surface area contributed by atoms with Crippen LogP contribution in [-0.2, 0) is 10.8 Å². The average Bonchev–Trinajstić information content (AvgIpc) is 2.38. The summed E-state index contributed by atoms with van der Waals surface area (Å²) in [6.45, 7) is 0. The third-order valence-electron chi connectivity index (χ3n) is 2.55. The zero-order valence-corrected chi connectivity index (χ0v) is 10.9. The van der Waals surface area contributed by atoms with E-state index >= 15 is 0 Å². The Morgan fingerprint density at radius 2 is 1.70 bits per heavy atom. The summed E-state index contributed by atoms with van der Waals surface area (Å²) < 4.78 is 51.0. The van der Waals surface area contributed by atoms with Gasteiger partial charge in [-0.1, -0.05) is 6.07 Å². The van der Waals surface area contributed by atoms with Gasteiger partial charge in [0.2, 0.25) is 0 Å². The maximum Gasteiger partial charge on any atom is 0.178 e. The van der Waals surface area contributed by atoms with E-state index in [4.69, 9.17) is 0 Å². The Hall–Kier alpha value is -1.95. The van der Waals surface area contributed by atoms with Crippen LogP contribution in [0.5, 0.6) is 0 Å². The number of hydrogen-bond acceptors (Lipinski definition) is 2. The van der Waals surface area contributed by atoms with Crippen LogP contribution in [-0.4, -0.2) is 15.7 Å². The van der Waals surface area contributed by atoms with Gasteiger partial charge < -0.3 is 0 Å². The number of carbonyl (C=O) groups is 1. The molecule has 0 N–H and O–H groups in total. The van der Waals surface area contributed by atoms with Crippen molar-refractivity contribution in [3.8, 4) is 0 Å². The van der Waals surface area contributed by atoms with Crippen molar-refractivity contribution < 1.29 is 22.2 Å². The van der Waals surface area contributed by atoms with Gasteiger partial charge in [0.15, 0.2) is 5.78 Å². The fourth-order valence-electron chi connectivity index (χ4n) is 1.60. The molecule has 0 saturated carbocycles. The molecule has 0 aliphatic carbocycles. The lowest BCUT2D eigenvalue weighted by Gasteiger charge is -2.04. The Balaban J connectivity index is 2.17. The number of benzene rings is 2. The second-order valence-electron chi connectivity index (χ2n) is 3.99. The van der Waals surface area contributed by atoms with E-state index in [2.05, 4.69) is 0 Å². The second-order valence-corrected chi connectivity index (χ2v) is 5.45. The molecule has 0 spiro atoms. The number of hydrogen-bond donors (Lipinski definition) is 0. The number of carbonyl (C=O) groups excluding carboxylic acids is 1. The Labute approximate surface area is 115 Å². The molecule has 0 aromatic heterocycles. The summed E-state index contributed by atoms with van der Waals surface area (Å²) in [5.41, 5.74) is -0.337. The fourth-order valence-corrected chi connectivity index (χ4v) is 2.64. The average molecular weight is 298 g/mol. The van der Waals surface area contributed by atoms with E-state index in [0.717, 1.165) is 18.2 Å². The van der Waals surface area contributed by atoms with Gasteiger partial charge in [-0.25, -0.2) is 13.2 Å². The molecule has 0 radical (unpaired) electrons. The molecule has 0 aliphatic heterocycles. The van der Waals surface area contributed by atoms with Gasteiger partial charge in [0.1, 0.15) is 17.5 Å². The van der Waals surface area contributed by atoms with E-state index in [-0.39, 0.29) is 10.5 Å². The molecule has 20 heavy (non-hydrogen) atoms. The van der Waals surface area contributed by atoms with Crippen molar-refractivity contribution in [2.24, 2.45) is 0 Å². The molecular weight excluding hydrogens is 289 g/mol. The lowest BCUT2D eigenvalue weighted by atomic mass is 10.1. The van der Waals surface area contributed by atoms with Gasteiger partial charge >= 0.3 is 0 Å². The van der Waals surface area contributed by atoms with Crippen molar-refractivity contribution in [2.75, 3.05) is 5.75 Å². The summed E-state index contributed by atoms with van der Waals surface area (Å²) in [4.78, 5) is 11.9. The van der Waals surface area contributed by atoms with Gasteiger partial charge in [-0.05, 0) is 30.3 Å². The van der Waals surface area contributed by atoms with Crippen LogP contribution < -0.4 is 0 Å². The SMILES string of the molecule is O=C(CS(=O)c1cccc(F)c1)c1ccc(F)cc1F. The van der Waals surface area contributed by atoms with E-state index < -0.39 is 39.8 Å². The molecule has 104 valence electrons. The zero-order valence-electron chi connectivity index (χ0n) is 10.1. The third-order valence-corrected chi connectivity index (χ3v) is 3.86. The van der Waals surface area contributed by atoms with Crippen molar-refractivity contribution in [1.82, 2.24) is 0 Å². The summed E-state index contributed by atoms with van der Waals surface area (Å²) in [5.74, 6) is -3.61. The van der Waals surface area contributed by atoms with Gasteiger partial charge in [0.25, 0.3) is 0 Å². The normalized spacial score (nSPS) is 12.2. The van der Waals surface area contributed by atoms with Crippen molar-refractivity contribution in [1.29, 1.82) is 0 Å². The van der Waals surface area contributed by atoms with Crippen LogP contribution >= 0.6 is 0 Å². The molecule has 0 aliphatic rings. The van der Waals surface area contributed by atoms with E-state index in [1.54, 1.807) is 0 Å². The first-order valence-corrected chi connectivity index (χ1v) is 6.91. The fraction of sp³-hybridized carbons (Fsp3) is 0.0714. The summed E-state index contributed by atoms with van der Waals surface area (Å²) in [6, 6.07) is 7.53. The minimum atomic E-state index is -1.79. The second kappa shape index (κ2) is 6.00. The molecule has 0 saturated heterocycles. The van der Waals surface area contributed by atoms with Gasteiger partial charge in [-0.3, -0.25) is 9.00 Å². The van der Waals surface area contributed by atoms with Crippen LogP contribution in [0.1, 0.15) is 10.4 Å². The predicted molar refractivity (Wildman–Crippen MR) is 68.4 cm³/mol. The van der Waals surface area contributed by atoms with E-state index in [1.165, 1.54) is 18.2 Å². The molecule has 1 atom stereocenters. The highest BCUT2D eigenvalue weighted by atomic mass is 32.2. The van der Waals surface area contributed by atoms with Gasteiger partial charge in [-0.15, -0.1) is 0 Å². The quantitative estimate of drug-likeness (QED) is 0.813. The highest BCUT2D eigenvalue weighted by Gasteiger charge is 2.16. The summed E-state index contributed by atoms with van der Waals surface area (Å²) >= 11 is 0. The molecule has 2 nitrogen and oxygen atoms in total. The van der Waals surface area contributed by atoms with Crippen LogP contribution in [0.25, 0.3) is 0 Å². The van der Waals surface area contributed by atoms with Crippen molar-refractivity contribution in [2.45, 2.75) is 4.90 Å². The Kier molecular flexibility index (Phi) is 4.34. The molecule has 1 unspecified atom stereocenters. The van der Waals surface area contributed by atoms with E-state index in [1.807, 2.05) is 0 Å². The van der Waals surface area contributed by atoms with Crippen molar-refractivity contribution >= 4 is 16.6 Å². The number of rotatable bonds is 4. The number of ketones is 1. The molecule has 2 rings (SSSR count). The predicted octanol–water partition coefficient (Wildman–Crippen LogP) is 3.09. The van der Waals surface area contributed by atoms with Crippen LogP contribution in [0.2, 0.25) is 0 Å². The van der Waals surface area contributed by atoms with Crippen molar-refractivity contribution in [3.05, 3.63) is 65.5 Å². The smallest absolute Gasteiger partial charge is 0.178 e. The van der Waals surface area contributed by atoms with E-state index in [0.29, 0.717) is 6.07 Å². The first kappa shape index (κ1) is 14.5. The first-order valence-electron chi connectivity index (χ1n) is 5.59. The maximum absolute atomic E-state index is 13.4. The van der Waals surface area contributed by atoms with E-state index in [9.17, 15) is 22.2 Å². The minimum Gasteiger partial charge on any atom is -0.293 e. The van der Waals surface area contributed by atoms with Crippen LogP contribution in [0, 0.1) is 17.5 Å². The lowest BCUT2D eigenvalue weighted by Crippen LogP contribution is -2.13. The van der Waals surface area contributed by atoms with Crippen LogP contribution in [0.4, 0.5) is 13.2 Å². The van der Waals surface area contributed by atoms with Gasteiger partial charge in [0.05, 0.1) is 22.1 Å². The number of halogens is 3. The molecule has 0 fully saturated rings.